The first kappa shape index (κ1) is 29.4. The Balaban J connectivity index is 5.55. The van der Waals surface area contributed by atoms with Crippen LogP contribution in [0.1, 0.15) is 83.1 Å². The summed E-state index contributed by atoms with van der Waals surface area (Å²) < 4.78 is 38.0. The maximum Gasteiger partial charge on any atom is 0.498 e. The van der Waals surface area contributed by atoms with Crippen molar-refractivity contribution in [2.24, 2.45) is 0 Å². The van der Waals surface area contributed by atoms with E-state index in [9.17, 15) is 0 Å². The van der Waals surface area contributed by atoms with Gasteiger partial charge in [0.15, 0.2) is 0 Å². The molecular weight excluding hydrogens is 420 g/mol. The van der Waals surface area contributed by atoms with Crippen molar-refractivity contribution in [3.05, 3.63) is 0 Å². The fraction of sp³-hybridized carbons (Fsp3) is 1.00. The molecule has 0 saturated carbocycles. The summed E-state index contributed by atoms with van der Waals surface area (Å²) in [5.41, 5.74) is 1.70. The maximum atomic E-state index is 6.34. The van der Waals surface area contributed by atoms with E-state index in [0.717, 1.165) is 11.3 Å². The monoisotopic (exact) mass is 468 g/mol. The largest absolute Gasteiger partial charge is 0.498 e. The molecule has 0 rings (SSSR count). The van der Waals surface area contributed by atoms with Gasteiger partial charge >= 0.3 is 17.6 Å². The van der Waals surface area contributed by atoms with Crippen molar-refractivity contribution in [3.63, 3.8) is 0 Å². The lowest BCUT2D eigenvalue weighted by molar-refractivity contribution is 0.00614. The minimum Gasteiger partial charge on any atom is -0.371 e. The lowest BCUT2D eigenvalue weighted by Gasteiger charge is -2.37. The molecule has 0 spiro atoms. The van der Waals surface area contributed by atoms with Crippen LogP contribution >= 0.6 is 0 Å². The van der Waals surface area contributed by atoms with Gasteiger partial charge in [0.2, 0.25) is 0 Å². The summed E-state index contributed by atoms with van der Waals surface area (Å²) in [5.74, 6) is 0. The highest BCUT2D eigenvalue weighted by molar-refractivity contribution is 6.78. The summed E-state index contributed by atoms with van der Waals surface area (Å²) in [6.07, 6.45) is 0.338. The van der Waals surface area contributed by atoms with Crippen LogP contribution < -0.4 is 0 Å². The Morgan fingerprint density at radius 2 is 0.586 bits per heavy atom. The van der Waals surface area contributed by atoms with Crippen LogP contribution in [0.3, 0.4) is 0 Å². The smallest absolute Gasteiger partial charge is 0.371 e. The van der Waals surface area contributed by atoms with E-state index in [-0.39, 0.29) is 36.6 Å². The minimum absolute atomic E-state index is 0.0564. The van der Waals surface area contributed by atoms with E-state index < -0.39 is 27.1 Å². The van der Waals surface area contributed by atoms with Crippen LogP contribution in [-0.4, -0.2) is 63.8 Å². The summed E-state index contributed by atoms with van der Waals surface area (Å²) in [7, 11) is -6.26. The Labute approximate surface area is 184 Å². The van der Waals surface area contributed by atoms with E-state index in [1.807, 2.05) is 83.1 Å². The SMILES string of the molecule is CC(C)O[Si](C[SiH2]C[Si](OC(C)C)(OC(C)C)OC(C)C)(OC(C)C)OC(C)C. The Morgan fingerprint density at radius 1 is 0.414 bits per heavy atom. The predicted octanol–water partition coefficient (Wildman–Crippen LogP) is 4.50. The van der Waals surface area contributed by atoms with Crippen molar-refractivity contribution in [2.45, 2.75) is 131 Å². The van der Waals surface area contributed by atoms with Crippen LogP contribution in [0.2, 0.25) is 11.3 Å². The quantitative estimate of drug-likeness (QED) is 0.311. The van der Waals surface area contributed by atoms with Gasteiger partial charge in [0.1, 0.15) is 0 Å². The van der Waals surface area contributed by atoms with Crippen molar-refractivity contribution in [2.75, 3.05) is 0 Å². The van der Waals surface area contributed by atoms with Gasteiger partial charge in [-0.2, -0.15) is 0 Å². The Morgan fingerprint density at radius 3 is 0.724 bits per heavy atom. The molecule has 0 radical (unpaired) electrons. The molecule has 0 unspecified atom stereocenters. The topological polar surface area (TPSA) is 55.4 Å². The summed E-state index contributed by atoms with van der Waals surface area (Å²) in [4.78, 5) is 0. The normalized spacial score (nSPS) is 13.9. The highest BCUT2D eigenvalue weighted by Gasteiger charge is 2.48. The molecule has 0 heterocycles. The molecule has 0 aliphatic rings. The van der Waals surface area contributed by atoms with Crippen LogP contribution in [0.25, 0.3) is 0 Å². The lowest BCUT2D eigenvalue weighted by atomic mass is 10.5. The fourth-order valence-corrected chi connectivity index (χ4v) is 16.4. The van der Waals surface area contributed by atoms with Gasteiger partial charge in [0.05, 0.1) is 0 Å². The van der Waals surface area contributed by atoms with Crippen molar-refractivity contribution < 1.29 is 26.6 Å². The number of rotatable bonds is 16. The second-order valence-corrected chi connectivity index (χ2v) is 18.1. The number of hydrogen-bond donors (Lipinski definition) is 0. The van der Waals surface area contributed by atoms with Gasteiger partial charge in [-0.1, -0.05) is 0 Å². The molecule has 0 bridgehead atoms. The van der Waals surface area contributed by atoms with E-state index in [1.165, 1.54) is 0 Å². The molecule has 0 atom stereocenters. The van der Waals surface area contributed by atoms with Gasteiger partial charge in [-0.25, -0.2) is 0 Å². The molecule has 0 fully saturated rings. The van der Waals surface area contributed by atoms with Crippen LogP contribution in [0, 0.1) is 0 Å². The van der Waals surface area contributed by atoms with Crippen LogP contribution in [0.5, 0.6) is 0 Å². The third-order valence-corrected chi connectivity index (χ3v) is 16.2. The van der Waals surface area contributed by atoms with Crippen molar-refractivity contribution in [1.29, 1.82) is 0 Å². The molecule has 0 saturated heterocycles. The molecule has 0 aliphatic carbocycles. The van der Waals surface area contributed by atoms with Crippen LogP contribution in [0.4, 0.5) is 0 Å². The standard InChI is InChI=1S/C20H48O6Si3/c1-15(2)21-28(22-16(3)4,23-17(5)6)13-27-14-29(24-18(7)8,25-19(9)10)26-20(11)12/h15-20H,13-14,27H2,1-12H3. The molecule has 29 heavy (non-hydrogen) atoms. The molecule has 0 aromatic rings. The van der Waals surface area contributed by atoms with Gasteiger partial charge in [0, 0.05) is 57.5 Å². The summed E-state index contributed by atoms with van der Waals surface area (Å²) in [5, 5.41) is 0. The molecule has 0 aromatic heterocycles. The van der Waals surface area contributed by atoms with Gasteiger partial charge in [0.25, 0.3) is 0 Å². The first-order valence-corrected chi connectivity index (χ1v) is 17.1. The zero-order valence-electron chi connectivity index (χ0n) is 21.0. The highest BCUT2D eigenvalue weighted by Crippen LogP contribution is 2.26. The molecule has 0 amide bonds. The van der Waals surface area contributed by atoms with Crippen LogP contribution in [0.15, 0.2) is 0 Å². The third-order valence-electron chi connectivity index (χ3n) is 3.46. The van der Waals surface area contributed by atoms with E-state index in [4.69, 9.17) is 26.6 Å². The minimum atomic E-state index is -2.79. The Kier molecular flexibility index (Phi) is 13.9. The maximum absolute atomic E-state index is 6.34. The van der Waals surface area contributed by atoms with Crippen molar-refractivity contribution >= 4 is 27.1 Å². The van der Waals surface area contributed by atoms with E-state index in [0.29, 0.717) is 0 Å². The first-order chi connectivity index (χ1) is 13.2. The van der Waals surface area contributed by atoms with Gasteiger partial charge in [-0.3, -0.25) is 0 Å². The Bertz CT molecular complexity index is 339. The Hall–Kier alpha value is 0.411. The summed E-state index contributed by atoms with van der Waals surface area (Å²) in [6, 6.07) is 0. The first-order valence-electron chi connectivity index (χ1n) is 11.3. The molecule has 0 N–H and O–H groups in total. The van der Waals surface area contributed by atoms with E-state index in [2.05, 4.69) is 0 Å². The van der Waals surface area contributed by atoms with Gasteiger partial charge in [-0.15, -0.1) is 0 Å². The van der Waals surface area contributed by atoms with Crippen LogP contribution in [-0.2, 0) is 26.6 Å². The highest BCUT2D eigenvalue weighted by atomic mass is 28.4. The van der Waals surface area contributed by atoms with Crippen molar-refractivity contribution in [1.82, 2.24) is 0 Å². The molecule has 0 aliphatic heterocycles. The second-order valence-electron chi connectivity index (χ2n) is 9.22. The molecule has 0 aromatic carbocycles. The van der Waals surface area contributed by atoms with E-state index >= 15 is 0 Å². The zero-order valence-corrected chi connectivity index (χ0v) is 24.4. The molecule has 9 heteroatoms. The molecule has 176 valence electrons. The number of hydrogen-bond acceptors (Lipinski definition) is 6. The summed E-state index contributed by atoms with van der Waals surface area (Å²) >= 11 is 0. The zero-order chi connectivity index (χ0) is 22.8. The van der Waals surface area contributed by atoms with Crippen molar-refractivity contribution in [3.8, 4) is 0 Å². The average molecular weight is 469 g/mol. The molecule has 6 nitrogen and oxygen atoms in total. The van der Waals surface area contributed by atoms with Gasteiger partial charge < -0.3 is 26.6 Å². The van der Waals surface area contributed by atoms with Gasteiger partial charge in [-0.05, 0) is 83.1 Å². The second kappa shape index (κ2) is 13.7. The predicted molar refractivity (Wildman–Crippen MR) is 127 cm³/mol. The third kappa shape index (κ3) is 13.4. The van der Waals surface area contributed by atoms with E-state index in [1.54, 1.807) is 0 Å². The molecular formula is C20H48O6Si3. The lowest BCUT2D eigenvalue weighted by Crippen LogP contribution is -2.54. The fourth-order valence-electron chi connectivity index (χ4n) is 3.20. The summed E-state index contributed by atoms with van der Waals surface area (Å²) in [6.45, 7) is 24.5. The average Bonchev–Trinajstić information content (AvgIpc) is 2.41.